The Morgan fingerprint density at radius 2 is 2.08 bits per heavy atom. The third-order valence-electron chi connectivity index (χ3n) is 4.83. The maximum Gasteiger partial charge on any atom is 0.243 e. The van der Waals surface area contributed by atoms with Crippen molar-refractivity contribution in [3.05, 3.63) is 29.3 Å². The highest BCUT2D eigenvalue weighted by atomic mass is 32.2. The maximum absolute atomic E-state index is 13.0. The van der Waals surface area contributed by atoms with Crippen LogP contribution in [0.5, 0.6) is 0 Å². The summed E-state index contributed by atoms with van der Waals surface area (Å²) in [6, 6.07) is 5.60. The van der Waals surface area contributed by atoms with Crippen LogP contribution in [0, 0.1) is 19.8 Å². The fourth-order valence-electron chi connectivity index (χ4n) is 3.36. The van der Waals surface area contributed by atoms with E-state index in [1.54, 1.807) is 6.07 Å². The summed E-state index contributed by atoms with van der Waals surface area (Å²) < 4.78 is 27.6. The van der Waals surface area contributed by atoms with E-state index in [9.17, 15) is 13.2 Å². The van der Waals surface area contributed by atoms with Gasteiger partial charge >= 0.3 is 0 Å². The van der Waals surface area contributed by atoms with Crippen molar-refractivity contribution in [2.24, 2.45) is 5.92 Å². The van der Waals surface area contributed by atoms with Crippen molar-refractivity contribution in [2.75, 3.05) is 13.1 Å². The maximum atomic E-state index is 13.0. The van der Waals surface area contributed by atoms with Gasteiger partial charge in [-0.1, -0.05) is 25.5 Å². The van der Waals surface area contributed by atoms with Crippen molar-refractivity contribution >= 4 is 15.9 Å². The third kappa shape index (κ3) is 4.82. The van der Waals surface area contributed by atoms with E-state index in [0.717, 1.165) is 30.4 Å². The zero-order valence-electron chi connectivity index (χ0n) is 15.7. The number of benzene rings is 1. The second-order valence-corrected chi connectivity index (χ2v) is 9.08. The van der Waals surface area contributed by atoms with Crippen LogP contribution in [0.15, 0.2) is 23.1 Å². The number of sulfonamides is 1. The van der Waals surface area contributed by atoms with E-state index in [-0.39, 0.29) is 24.4 Å². The van der Waals surface area contributed by atoms with Crippen LogP contribution >= 0.6 is 0 Å². The minimum atomic E-state index is -3.57. The summed E-state index contributed by atoms with van der Waals surface area (Å²) >= 11 is 0. The van der Waals surface area contributed by atoms with Gasteiger partial charge in [-0.2, -0.15) is 4.31 Å². The zero-order valence-corrected chi connectivity index (χ0v) is 16.5. The van der Waals surface area contributed by atoms with Crippen LogP contribution in [-0.4, -0.2) is 37.8 Å². The average Bonchev–Trinajstić information content (AvgIpc) is 2.57. The summed E-state index contributed by atoms with van der Waals surface area (Å²) in [6.45, 7) is 8.52. The first-order valence-corrected chi connectivity index (χ1v) is 10.6. The molecule has 1 fully saturated rings. The summed E-state index contributed by atoms with van der Waals surface area (Å²) in [7, 11) is -3.57. The van der Waals surface area contributed by atoms with Crippen LogP contribution in [0.25, 0.3) is 0 Å². The minimum absolute atomic E-state index is 0.0261. The molecule has 0 aliphatic carbocycles. The van der Waals surface area contributed by atoms with Gasteiger partial charge in [0.25, 0.3) is 0 Å². The lowest BCUT2D eigenvalue weighted by Crippen LogP contribution is -2.47. The van der Waals surface area contributed by atoms with E-state index >= 15 is 0 Å². The lowest BCUT2D eigenvalue weighted by molar-refractivity contribution is -0.126. The number of carbonyl (C=O) groups is 1. The van der Waals surface area contributed by atoms with Crippen LogP contribution < -0.4 is 5.32 Å². The van der Waals surface area contributed by atoms with Crippen LogP contribution in [0.1, 0.15) is 50.7 Å². The second kappa shape index (κ2) is 8.32. The number of nitrogens with one attached hydrogen (secondary N) is 1. The van der Waals surface area contributed by atoms with Gasteiger partial charge in [-0.25, -0.2) is 8.42 Å². The Balaban J connectivity index is 2.14. The molecule has 0 unspecified atom stereocenters. The molecule has 1 heterocycles. The molecule has 1 N–H and O–H groups in total. The molecule has 0 spiro atoms. The molecule has 0 aromatic heterocycles. The molecule has 25 heavy (non-hydrogen) atoms. The molecule has 1 aromatic rings. The molecule has 140 valence electrons. The molecule has 0 radical (unpaired) electrons. The van der Waals surface area contributed by atoms with Crippen molar-refractivity contribution < 1.29 is 13.2 Å². The molecule has 1 aliphatic rings. The number of carbonyl (C=O) groups excluding carboxylic acids is 1. The fraction of sp³-hybridized carbons (Fsp3) is 0.632. The first kappa shape index (κ1) is 19.9. The zero-order chi connectivity index (χ0) is 18.6. The van der Waals surface area contributed by atoms with Crippen molar-refractivity contribution in [1.82, 2.24) is 9.62 Å². The fourth-order valence-corrected chi connectivity index (χ4v) is 5.20. The van der Waals surface area contributed by atoms with Crippen LogP contribution in [0.2, 0.25) is 0 Å². The van der Waals surface area contributed by atoms with E-state index < -0.39 is 10.0 Å². The highest BCUT2D eigenvalue weighted by Crippen LogP contribution is 2.26. The smallest absolute Gasteiger partial charge is 0.243 e. The largest absolute Gasteiger partial charge is 0.353 e. The molecular weight excluding hydrogens is 336 g/mol. The lowest BCUT2D eigenvalue weighted by atomic mass is 9.98. The first-order chi connectivity index (χ1) is 11.8. The molecule has 2 atom stereocenters. The summed E-state index contributed by atoms with van der Waals surface area (Å²) in [6.07, 6.45) is 3.40. The second-order valence-electron chi connectivity index (χ2n) is 7.17. The predicted molar refractivity (Wildman–Crippen MR) is 99.9 cm³/mol. The number of aryl methyl sites for hydroxylation is 2. The standard InChI is InChI=1S/C19H30N2O3S/c1-5-7-16(4)20-19(22)17-8-6-11-21(13-17)25(23,24)18-12-14(2)9-10-15(18)3/h9-10,12,16-17H,5-8,11,13H2,1-4H3,(H,20,22)/t16-,17+/m0/s1. The van der Waals surface area contributed by atoms with Gasteiger partial charge in [0.2, 0.25) is 15.9 Å². The molecular formula is C19H30N2O3S. The van der Waals surface area contributed by atoms with Gasteiger partial charge in [0.15, 0.2) is 0 Å². The van der Waals surface area contributed by atoms with E-state index in [0.29, 0.717) is 17.9 Å². The van der Waals surface area contributed by atoms with Crippen molar-refractivity contribution in [3.8, 4) is 0 Å². The average molecular weight is 367 g/mol. The molecule has 6 heteroatoms. The summed E-state index contributed by atoms with van der Waals surface area (Å²) in [4.78, 5) is 12.8. The Labute approximate surface area is 151 Å². The van der Waals surface area contributed by atoms with Gasteiger partial charge in [-0.3, -0.25) is 4.79 Å². The Kier molecular flexibility index (Phi) is 6.63. The number of hydrogen-bond acceptors (Lipinski definition) is 3. The summed E-state index contributed by atoms with van der Waals surface area (Å²) in [5, 5.41) is 3.02. The quantitative estimate of drug-likeness (QED) is 0.841. The van der Waals surface area contributed by atoms with Gasteiger partial charge in [-0.15, -0.1) is 0 Å². The SMILES string of the molecule is CCC[C@H](C)NC(=O)[C@@H]1CCCN(S(=O)(=O)c2cc(C)ccc2C)C1. The monoisotopic (exact) mass is 366 g/mol. The van der Waals surface area contributed by atoms with E-state index in [2.05, 4.69) is 12.2 Å². The number of rotatable bonds is 6. The number of piperidine rings is 1. The van der Waals surface area contributed by atoms with Crippen LogP contribution in [-0.2, 0) is 14.8 Å². The minimum Gasteiger partial charge on any atom is -0.353 e. The first-order valence-electron chi connectivity index (χ1n) is 9.13. The van der Waals surface area contributed by atoms with Gasteiger partial charge in [0, 0.05) is 19.1 Å². The molecule has 1 aliphatic heterocycles. The highest BCUT2D eigenvalue weighted by molar-refractivity contribution is 7.89. The molecule has 2 rings (SSSR count). The van der Waals surface area contributed by atoms with E-state index in [1.807, 2.05) is 32.9 Å². The van der Waals surface area contributed by atoms with Crippen molar-refractivity contribution in [2.45, 2.75) is 64.3 Å². The Morgan fingerprint density at radius 1 is 1.36 bits per heavy atom. The van der Waals surface area contributed by atoms with Gasteiger partial charge in [-0.05, 0) is 57.2 Å². The highest BCUT2D eigenvalue weighted by Gasteiger charge is 2.34. The van der Waals surface area contributed by atoms with Crippen molar-refractivity contribution in [1.29, 1.82) is 0 Å². The summed E-state index contributed by atoms with van der Waals surface area (Å²) in [5.74, 6) is -0.297. The molecule has 1 amide bonds. The normalized spacial score (nSPS) is 20.2. The predicted octanol–water partition coefficient (Wildman–Crippen LogP) is 3.01. The van der Waals surface area contributed by atoms with Gasteiger partial charge < -0.3 is 5.32 Å². The number of nitrogens with zero attached hydrogens (tertiary/aromatic N) is 1. The topological polar surface area (TPSA) is 66.5 Å². The number of amides is 1. The molecule has 5 nitrogen and oxygen atoms in total. The summed E-state index contributed by atoms with van der Waals surface area (Å²) in [5.41, 5.74) is 1.66. The molecule has 1 saturated heterocycles. The van der Waals surface area contributed by atoms with Crippen LogP contribution in [0.4, 0.5) is 0 Å². The van der Waals surface area contributed by atoms with Crippen LogP contribution in [0.3, 0.4) is 0 Å². The number of hydrogen-bond donors (Lipinski definition) is 1. The Morgan fingerprint density at radius 3 is 2.76 bits per heavy atom. The molecule has 0 saturated carbocycles. The molecule has 1 aromatic carbocycles. The van der Waals surface area contributed by atoms with E-state index in [1.165, 1.54) is 4.31 Å². The lowest BCUT2D eigenvalue weighted by Gasteiger charge is -2.32. The Hall–Kier alpha value is -1.40. The van der Waals surface area contributed by atoms with E-state index in [4.69, 9.17) is 0 Å². The van der Waals surface area contributed by atoms with Gasteiger partial charge in [0.1, 0.15) is 0 Å². The molecule has 0 bridgehead atoms. The Bertz CT molecular complexity index is 715. The third-order valence-corrected chi connectivity index (χ3v) is 6.83. The van der Waals surface area contributed by atoms with Crippen molar-refractivity contribution in [3.63, 3.8) is 0 Å². The van der Waals surface area contributed by atoms with Gasteiger partial charge in [0.05, 0.1) is 10.8 Å².